The summed E-state index contributed by atoms with van der Waals surface area (Å²) in [6.45, 7) is 0.529. The van der Waals surface area contributed by atoms with Crippen molar-refractivity contribution in [2.45, 2.75) is 6.42 Å². The second kappa shape index (κ2) is 6.95. The molecule has 0 unspecified atom stereocenters. The first kappa shape index (κ1) is 15.9. The third kappa shape index (κ3) is 3.98. The lowest BCUT2D eigenvalue weighted by molar-refractivity contribution is 0.623. The Hall–Kier alpha value is -1.53. The Labute approximate surface area is 135 Å². The molecule has 0 fully saturated rings. The molecule has 2 rings (SSSR count). The minimum atomic E-state index is -0.431. The van der Waals surface area contributed by atoms with E-state index in [1.165, 1.54) is 12.1 Å². The summed E-state index contributed by atoms with van der Waals surface area (Å²) >= 11 is 8.00. The predicted octanol–water partition coefficient (Wildman–Crippen LogP) is 4.02. The summed E-state index contributed by atoms with van der Waals surface area (Å²) in [5.74, 6) is -0.700. The summed E-state index contributed by atoms with van der Waals surface area (Å²) in [5, 5.41) is 3.00. The van der Waals surface area contributed by atoms with E-state index in [-0.39, 0.29) is 15.3 Å². The largest absolute Gasteiger partial charge is 0.389 e. The van der Waals surface area contributed by atoms with Gasteiger partial charge in [-0.2, -0.15) is 0 Å². The van der Waals surface area contributed by atoms with E-state index < -0.39 is 5.82 Å². The van der Waals surface area contributed by atoms with E-state index in [0.717, 1.165) is 5.56 Å². The van der Waals surface area contributed by atoms with Crippen LogP contribution in [0.2, 0.25) is 0 Å². The van der Waals surface area contributed by atoms with Crippen LogP contribution in [0.4, 0.5) is 14.5 Å². The highest BCUT2D eigenvalue weighted by Gasteiger charge is 2.12. The molecule has 0 aliphatic heterocycles. The van der Waals surface area contributed by atoms with Crippen molar-refractivity contribution in [3.05, 3.63) is 63.6 Å². The molecule has 0 spiro atoms. The van der Waals surface area contributed by atoms with E-state index in [0.29, 0.717) is 24.2 Å². The number of hydrogen-bond donors (Lipinski definition) is 2. The minimum Gasteiger partial charge on any atom is -0.389 e. The molecule has 0 aliphatic rings. The van der Waals surface area contributed by atoms with Crippen LogP contribution in [0.5, 0.6) is 0 Å². The van der Waals surface area contributed by atoms with Crippen molar-refractivity contribution >= 4 is 38.8 Å². The number of rotatable bonds is 5. The van der Waals surface area contributed by atoms with Crippen molar-refractivity contribution in [3.63, 3.8) is 0 Å². The van der Waals surface area contributed by atoms with Gasteiger partial charge in [0.05, 0.1) is 10.2 Å². The van der Waals surface area contributed by atoms with Gasteiger partial charge in [0.1, 0.15) is 10.8 Å². The van der Waals surface area contributed by atoms with Gasteiger partial charge >= 0.3 is 0 Å². The number of anilines is 1. The molecule has 0 saturated carbocycles. The highest BCUT2D eigenvalue weighted by atomic mass is 79.9. The lowest BCUT2D eigenvalue weighted by atomic mass is 10.1. The molecule has 0 aromatic heterocycles. The normalized spacial score (nSPS) is 10.4. The van der Waals surface area contributed by atoms with Crippen LogP contribution < -0.4 is 11.1 Å². The van der Waals surface area contributed by atoms with Crippen LogP contribution in [0.1, 0.15) is 11.1 Å². The van der Waals surface area contributed by atoms with E-state index >= 15 is 0 Å². The van der Waals surface area contributed by atoms with E-state index in [4.69, 9.17) is 18.0 Å². The molecule has 0 amide bonds. The summed E-state index contributed by atoms with van der Waals surface area (Å²) < 4.78 is 27.2. The van der Waals surface area contributed by atoms with Crippen LogP contribution in [0.25, 0.3) is 0 Å². The lowest BCUT2D eigenvalue weighted by Crippen LogP contribution is -2.12. The summed E-state index contributed by atoms with van der Waals surface area (Å²) in [4.78, 5) is 0.138. The lowest BCUT2D eigenvalue weighted by Gasteiger charge is -2.11. The number of nitrogens with two attached hydrogens (primary N) is 1. The molecule has 0 radical (unpaired) electrons. The van der Waals surface area contributed by atoms with E-state index in [1.54, 1.807) is 24.3 Å². The van der Waals surface area contributed by atoms with Gasteiger partial charge in [-0.05, 0) is 52.2 Å². The average molecular weight is 371 g/mol. The van der Waals surface area contributed by atoms with Crippen LogP contribution >= 0.6 is 28.1 Å². The first-order chi connectivity index (χ1) is 9.99. The fraction of sp³-hybridized carbons (Fsp3) is 0.133. The van der Waals surface area contributed by atoms with Crippen LogP contribution in [-0.4, -0.2) is 11.5 Å². The SMILES string of the molecule is NC(=S)c1ccc(NCCc2ccc(F)cc2)c(F)c1Br. The zero-order chi connectivity index (χ0) is 15.4. The summed E-state index contributed by atoms with van der Waals surface area (Å²) in [5.41, 5.74) is 7.31. The van der Waals surface area contributed by atoms with Gasteiger partial charge in [0.15, 0.2) is 5.82 Å². The number of halogens is 3. The second-order valence-electron chi connectivity index (χ2n) is 4.46. The van der Waals surface area contributed by atoms with Crippen molar-refractivity contribution in [1.29, 1.82) is 0 Å². The topological polar surface area (TPSA) is 38.0 Å². The van der Waals surface area contributed by atoms with Crippen LogP contribution in [0.15, 0.2) is 40.9 Å². The van der Waals surface area contributed by atoms with Gasteiger partial charge in [0.2, 0.25) is 0 Å². The first-order valence-electron chi connectivity index (χ1n) is 6.25. The fourth-order valence-corrected chi connectivity index (χ4v) is 2.73. The maximum Gasteiger partial charge on any atom is 0.161 e. The van der Waals surface area contributed by atoms with Gasteiger partial charge in [0.25, 0.3) is 0 Å². The quantitative estimate of drug-likeness (QED) is 0.780. The van der Waals surface area contributed by atoms with Gasteiger partial charge in [-0.15, -0.1) is 0 Å². The maximum absolute atomic E-state index is 14.1. The molecule has 2 aromatic carbocycles. The molecule has 2 nitrogen and oxygen atoms in total. The smallest absolute Gasteiger partial charge is 0.161 e. The Kier molecular flexibility index (Phi) is 5.25. The second-order valence-corrected chi connectivity index (χ2v) is 5.69. The van der Waals surface area contributed by atoms with Gasteiger partial charge in [-0.25, -0.2) is 8.78 Å². The summed E-state index contributed by atoms with van der Waals surface area (Å²) in [7, 11) is 0. The Morgan fingerprint density at radius 2 is 1.81 bits per heavy atom. The Balaban J connectivity index is 2.02. The Bertz CT molecular complexity index is 659. The molecule has 6 heteroatoms. The zero-order valence-corrected chi connectivity index (χ0v) is 13.4. The number of nitrogens with one attached hydrogen (secondary N) is 1. The fourth-order valence-electron chi connectivity index (χ4n) is 1.87. The van der Waals surface area contributed by atoms with E-state index in [1.807, 2.05) is 0 Å². The van der Waals surface area contributed by atoms with E-state index in [9.17, 15) is 8.78 Å². The molecule has 0 saturated heterocycles. The maximum atomic E-state index is 14.1. The molecule has 110 valence electrons. The van der Waals surface area contributed by atoms with E-state index in [2.05, 4.69) is 21.2 Å². The Morgan fingerprint density at radius 1 is 1.14 bits per heavy atom. The minimum absolute atomic E-state index is 0.138. The van der Waals surface area contributed by atoms with Crippen molar-refractivity contribution in [3.8, 4) is 0 Å². The highest BCUT2D eigenvalue weighted by Crippen LogP contribution is 2.27. The monoisotopic (exact) mass is 370 g/mol. The zero-order valence-electron chi connectivity index (χ0n) is 11.0. The molecule has 21 heavy (non-hydrogen) atoms. The molecule has 3 N–H and O–H groups in total. The standard InChI is InChI=1S/C15H13BrF2N2S/c16-13-11(15(19)21)5-6-12(14(13)18)20-8-7-9-1-3-10(17)4-2-9/h1-6,20H,7-8H2,(H2,19,21). The summed E-state index contributed by atoms with van der Waals surface area (Å²) in [6, 6.07) is 9.49. The molecule has 2 aromatic rings. The van der Waals surface area contributed by atoms with Crippen LogP contribution in [0, 0.1) is 11.6 Å². The van der Waals surface area contributed by atoms with Gasteiger partial charge in [-0.3, -0.25) is 0 Å². The molecule has 0 bridgehead atoms. The summed E-state index contributed by atoms with van der Waals surface area (Å²) in [6.07, 6.45) is 0.661. The molecular weight excluding hydrogens is 358 g/mol. The third-order valence-electron chi connectivity index (χ3n) is 2.99. The number of benzene rings is 2. The molecule has 0 heterocycles. The predicted molar refractivity (Wildman–Crippen MR) is 88.6 cm³/mol. The van der Waals surface area contributed by atoms with Crippen molar-refractivity contribution in [2.75, 3.05) is 11.9 Å². The molecular formula is C15H13BrF2N2S. The van der Waals surface area contributed by atoms with Gasteiger partial charge in [-0.1, -0.05) is 24.4 Å². The van der Waals surface area contributed by atoms with Crippen LogP contribution in [-0.2, 0) is 6.42 Å². The number of hydrogen-bond acceptors (Lipinski definition) is 2. The van der Waals surface area contributed by atoms with Crippen molar-refractivity contribution in [1.82, 2.24) is 0 Å². The van der Waals surface area contributed by atoms with Crippen molar-refractivity contribution < 1.29 is 8.78 Å². The Morgan fingerprint density at radius 3 is 2.43 bits per heavy atom. The average Bonchev–Trinajstić information content (AvgIpc) is 2.45. The van der Waals surface area contributed by atoms with Crippen molar-refractivity contribution in [2.24, 2.45) is 5.73 Å². The van der Waals surface area contributed by atoms with Gasteiger partial charge in [0, 0.05) is 12.1 Å². The third-order valence-corrected chi connectivity index (χ3v) is 3.99. The number of thiocarbonyl (C=S) groups is 1. The van der Waals surface area contributed by atoms with Gasteiger partial charge < -0.3 is 11.1 Å². The first-order valence-corrected chi connectivity index (χ1v) is 7.45. The van der Waals surface area contributed by atoms with Crippen LogP contribution in [0.3, 0.4) is 0 Å². The molecule has 0 aliphatic carbocycles. The molecule has 0 atom stereocenters. The highest BCUT2D eigenvalue weighted by molar-refractivity contribution is 9.10.